The summed E-state index contributed by atoms with van der Waals surface area (Å²) in [4.78, 5) is 21.2. The number of aliphatic hydroxyl groups is 1. The van der Waals surface area contributed by atoms with Crippen LogP contribution in [0.2, 0.25) is 0 Å². The number of nitrogens with two attached hydrogens (primary N) is 1. The van der Waals surface area contributed by atoms with Gasteiger partial charge in [0.15, 0.2) is 0 Å². The summed E-state index contributed by atoms with van der Waals surface area (Å²) in [6.45, 7) is 3.69. The number of nitrogen functional groups attached to an aromatic ring is 1. The summed E-state index contributed by atoms with van der Waals surface area (Å²) in [6.07, 6.45) is 2.63. The fourth-order valence-corrected chi connectivity index (χ4v) is 1.70. The van der Waals surface area contributed by atoms with Gasteiger partial charge in [-0.05, 0) is 26.0 Å². The fraction of sp³-hybridized carbons (Fsp3) is 0.417. The molecule has 0 saturated carbocycles. The molecule has 0 atom stereocenters. The summed E-state index contributed by atoms with van der Waals surface area (Å²) >= 11 is 5.13. The van der Waals surface area contributed by atoms with Crippen LogP contribution in [0.4, 0.5) is 5.82 Å². The normalized spacial score (nSPS) is 11.3. The van der Waals surface area contributed by atoms with E-state index < -0.39 is 0 Å². The van der Waals surface area contributed by atoms with Crippen LogP contribution in [0.3, 0.4) is 0 Å². The van der Waals surface area contributed by atoms with Crippen molar-refractivity contribution in [2.45, 2.75) is 26.8 Å². The molecular weight excluding hydrogens is 287 g/mol. The van der Waals surface area contributed by atoms with Crippen LogP contribution in [-0.4, -0.2) is 33.0 Å². The minimum Gasteiger partial charge on any atom is -0.782 e. The maximum atomic E-state index is 11.1. The van der Waals surface area contributed by atoms with Crippen LogP contribution < -0.4 is 35.3 Å². The van der Waals surface area contributed by atoms with E-state index in [1.807, 2.05) is 0 Å². The van der Waals surface area contributed by atoms with E-state index in [1.54, 1.807) is 20.0 Å². The first kappa shape index (κ1) is 19.3. The minimum atomic E-state index is -0.0430. The van der Waals surface area contributed by atoms with Gasteiger partial charge < -0.3 is 28.4 Å². The van der Waals surface area contributed by atoms with E-state index in [9.17, 15) is 4.79 Å². The Bertz CT molecular complexity index is 496. The number of nitrogens with zero attached hydrogens (tertiary/aromatic N) is 3. The fourth-order valence-electron chi connectivity index (χ4n) is 1.50. The van der Waals surface area contributed by atoms with E-state index >= 15 is 0 Å². The molecule has 104 valence electrons. The number of amides is 1. The zero-order chi connectivity index (χ0) is 14.4. The molecule has 0 spiro atoms. The van der Waals surface area contributed by atoms with E-state index in [4.69, 9.17) is 23.5 Å². The summed E-state index contributed by atoms with van der Waals surface area (Å²) in [6, 6.07) is 0. The summed E-state index contributed by atoms with van der Waals surface area (Å²) in [7, 11) is 0. The van der Waals surface area contributed by atoms with Crippen LogP contribution in [0.5, 0.6) is 0 Å². The van der Waals surface area contributed by atoms with Crippen LogP contribution in [0, 0.1) is 6.92 Å². The number of carbonyl (C=O) groups excluding carboxylic acids is 1. The predicted molar refractivity (Wildman–Crippen MR) is 74.6 cm³/mol. The molecule has 1 aromatic rings. The second-order valence-corrected chi connectivity index (χ2v) is 4.54. The van der Waals surface area contributed by atoms with E-state index in [2.05, 4.69) is 9.97 Å². The maximum absolute atomic E-state index is 11.1. The Balaban J connectivity index is 0.00000361. The molecule has 0 saturated heterocycles. The molecule has 8 heteroatoms. The Morgan fingerprint density at radius 1 is 1.60 bits per heavy atom. The predicted octanol–water partition coefficient (Wildman–Crippen LogP) is -2.51. The van der Waals surface area contributed by atoms with E-state index in [1.165, 1.54) is 4.90 Å². The van der Waals surface area contributed by atoms with Gasteiger partial charge in [-0.2, -0.15) is 4.91 Å². The SMILES string of the molecule is C/C(=C(\[S-])CCO)N(C=O)Cc1cnc(C)nc1N.[Na+]. The first-order valence-electron chi connectivity index (χ1n) is 5.77. The molecule has 6 nitrogen and oxygen atoms in total. The van der Waals surface area contributed by atoms with Crippen molar-refractivity contribution in [1.29, 1.82) is 0 Å². The Morgan fingerprint density at radius 2 is 2.25 bits per heavy atom. The smallest absolute Gasteiger partial charge is 0.782 e. The van der Waals surface area contributed by atoms with Crippen molar-refractivity contribution in [3.05, 3.63) is 28.2 Å². The number of rotatable bonds is 6. The van der Waals surface area contributed by atoms with Crippen molar-refractivity contribution in [3.8, 4) is 0 Å². The molecule has 3 N–H and O–H groups in total. The van der Waals surface area contributed by atoms with Gasteiger partial charge in [-0.15, -0.1) is 0 Å². The molecule has 1 heterocycles. The number of anilines is 1. The molecule has 20 heavy (non-hydrogen) atoms. The monoisotopic (exact) mass is 304 g/mol. The molecule has 0 aliphatic rings. The molecule has 1 rings (SSSR count). The average Bonchev–Trinajstić information content (AvgIpc) is 2.37. The van der Waals surface area contributed by atoms with E-state index in [0.717, 1.165) is 0 Å². The number of hydrogen-bond acceptors (Lipinski definition) is 6. The Morgan fingerprint density at radius 3 is 2.75 bits per heavy atom. The molecular formula is C12H17N4NaO2S. The zero-order valence-corrected chi connectivity index (χ0v) is 14.8. The summed E-state index contributed by atoms with van der Waals surface area (Å²) in [5.41, 5.74) is 7.06. The third-order valence-electron chi connectivity index (χ3n) is 2.66. The first-order chi connectivity index (χ1) is 8.99. The van der Waals surface area contributed by atoms with Crippen molar-refractivity contribution in [2.24, 2.45) is 0 Å². The topological polar surface area (TPSA) is 92.3 Å². The number of hydrogen-bond donors (Lipinski definition) is 2. The second kappa shape index (κ2) is 9.25. The number of carbonyl (C=O) groups is 1. The van der Waals surface area contributed by atoms with Crippen molar-refractivity contribution in [2.75, 3.05) is 12.3 Å². The largest absolute Gasteiger partial charge is 1.00 e. The standard InChI is InChI=1S/C12H18N4O2S.Na/c1-8(11(19)3-4-17)16(7-18)6-10-5-14-9(2)15-12(10)13;/h5,7,17,19H,3-4,6H2,1-2H3,(H2,13,14,15);/q;+1/p-1/b11-8+;. The van der Waals surface area contributed by atoms with Gasteiger partial charge in [0.2, 0.25) is 6.41 Å². The molecule has 0 unspecified atom stereocenters. The number of aromatic nitrogens is 2. The van der Waals surface area contributed by atoms with Crippen LogP contribution in [0.15, 0.2) is 16.8 Å². The average molecular weight is 304 g/mol. The molecule has 1 amide bonds. The summed E-state index contributed by atoms with van der Waals surface area (Å²) in [5, 5.41) is 8.86. The zero-order valence-electron chi connectivity index (χ0n) is 12.0. The van der Waals surface area contributed by atoms with Crippen molar-refractivity contribution in [1.82, 2.24) is 14.9 Å². The molecule has 0 fully saturated rings. The quantitative estimate of drug-likeness (QED) is 0.343. The van der Waals surface area contributed by atoms with Gasteiger partial charge in [0.25, 0.3) is 0 Å². The number of aryl methyl sites for hydroxylation is 1. The number of allylic oxidation sites excluding steroid dienone is 1. The van der Waals surface area contributed by atoms with Crippen molar-refractivity contribution >= 4 is 24.9 Å². The Labute approximate surface area is 146 Å². The Hall–Kier alpha value is -0.730. The summed E-state index contributed by atoms with van der Waals surface area (Å²) < 4.78 is 0. The molecule has 0 bridgehead atoms. The van der Waals surface area contributed by atoms with Gasteiger partial charge in [-0.25, -0.2) is 9.97 Å². The van der Waals surface area contributed by atoms with Crippen LogP contribution >= 0.6 is 0 Å². The summed E-state index contributed by atoms with van der Waals surface area (Å²) in [5.74, 6) is 0.927. The third kappa shape index (κ3) is 5.34. The third-order valence-corrected chi connectivity index (χ3v) is 3.16. The molecule has 1 aromatic heterocycles. The minimum absolute atomic E-state index is 0. The van der Waals surface area contributed by atoms with E-state index in [-0.39, 0.29) is 42.7 Å². The number of aliphatic hydroxyl groups excluding tert-OH is 1. The van der Waals surface area contributed by atoms with Crippen LogP contribution in [0.1, 0.15) is 24.7 Å². The van der Waals surface area contributed by atoms with Gasteiger partial charge in [0, 0.05) is 18.4 Å². The molecule has 0 aliphatic heterocycles. The molecule has 0 radical (unpaired) electrons. The van der Waals surface area contributed by atoms with Gasteiger partial charge in [-0.1, -0.05) is 0 Å². The van der Waals surface area contributed by atoms with Gasteiger partial charge in [0.05, 0.1) is 6.54 Å². The molecule has 0 aromatic carbocycles. The maximum Gasteiger partial charge on any atom is 1.00 e. The van der Waals surface area contributed by atoms with Gasteiger partial charge >= 0.3 is 29.6 Å². The van der Waals surface area contributed by atoms with Gasteiger partial charge in [-0.3, -0.25) is 4.79 Å². The van der Waals surface area contributed by atoms with Crippen LogP contribution in [-0.2, 0) is 24.0 Å². The second-order valence-electron chi connectivity index (χ2n) is 4.04. The van der Waals surface area contributed by atoms with Gasteiger partial charge in [0.1, 0.15) is 11.6 Å². The van der Waals surface area contributed by atoms with Crippen LogP contribution in [0.25, 0.3) is 0 Å². The molecule has 0 aliphatic carbocycles. The van der Waals surface area contributed by atoms with Crippen molar-refractivity contribution in [3.63, 3.8) is 0 Å². The first-order valence-corrected chi connectivity index (χ1v) is 6.18. The van der Waals surface area contributed by atoms with Crippen molar-refractivity contribution < 1.29 is 39.5 Å². The Kier molecular flexibility index (Phi) is 8.91. The van der Waals surface area contributed by atoms with E-state index in [0.29, 0.717) is 40.6 Å².